The largest absolute Gasteiger partial charge is 0.342 e. The summed E-state index contributed by atoms with van der Waals surface area (Å²) >= 11 is 0. The average molecular weight is 355 g/mol. The number of nitrogens with zero attached hydrogens (tertiary/aromatic N) is 2. The molecule has 0 aliphatic carbocycles. The summed E-state index contributed by atoms with van der Waals surface area (Å²) in [6.45, 7) is 5.43. The summed E-state index contributed by atoms with van der Waals surface area (Å²) in [4.78, 5) is 29.4. The van der Waals surface area contributed by atoms with Crippen LogP contribution in [-0.4, -0.2) is 60.9 Å². The Morgan fingerprint density at radius 2 is 1.62 bits per heavy atom. The molecule has 4 rings (SSSR count). The Labute approximate surface area is 155 Å². The molecule has 5 nitrogen and oxygen atoms in total. The molecule has 26 heavy (non-hydrogen) atoms. The van der Waals surface area contributed by atoms with Crippen molar-refractivity contribution < 1.29 is 9.59 Å². The van der Waals surface area contributed by atoms with Crippen molar-refractivity contribution in [2.45, 2.75) is 32.1 Å². The third-order valence-corrected chi connectivity index (χ3v) is 6.62. The van der Waals surface area contributed by atoms with E-state index in [0.717, 1.165) is 57.4 Å². The van der Waals surface area contributed by atoms with E-state index in [4.69, 9.17) is 0 Å². The number of nitrogens with one attached hydrogen (secondary N) is 1. The fraction of sp³-hybridized carbons (Fsp3) is 0.619. The molecule has 1 aromatic rings. The molecule has 2 amide bonds. The summed E-state index contributed by atoms with van der Waals surface area (Å²) in [5, 5.41) is 3.48. The van der Waals surface area contributed by atoms with Crippen molar-refractivity contribution in [2.24, 2.45) is 11.3 Å². The predicted molar refractivity (Wildman–Crippen MR) is 101 cm³/mol. The minimum Gasteiger partial charge on any atom is -0.342 e. The average Bonchev–Trinajstić information content (AvgIpc) is 3.16. The van der Waals surface area contributed by atoms with Crippen molar-refractivity contribution in [2.75, 3.05) is 39.3 Å². The lowest BCUT2D eigenvalue weighted by atomic mass is 9.77. The molecular formula is C21H29N3O2. The first-order valence-corrected chi connectivity index (χ1v) is 10.0. The summed E-state index contributed by atoms with van der Waals surface area (Å²) in [7, 11) is 0. The molecule has 1 spiro atoms. The van der Waals surface area contributed by atoms with Crippen molar-refractivity contribution in [3.63, 3.8) is 0 Å². The molecule has 0 aromatic heterocycles. The first-order valence-electron chi connectivity index (χ1n) is 10.0. The highest BCUT2D eigenvalue weighted by Gasteiger charge is 2.39. The molecule has 3 aliphatic rings. The van der Waals surface area contributed by atoms with Crippen LogP contribution in [0.25, 0.3) is 0 Å². The molecule has 1 N–H and O–H groups in total. The van der Waals surface area contributed by atoms with Crippen molar-refractivity contribution in [3.8, 4) is 0 Å². The number of carbonyl (C=O) groups is 2. The van der Waals surface area contributed by atoms with Gasteiger partial charge in [0.05, 0.1) is 0 Å². The summed E-state index contributed by atoms with van der Waals surface area (Å²) in [6.07, 6.45) is 5.12. The number of amides is 2. The Bertz CT molecular complexity index is 636. The van der Waals surface area contributed by atoms with Crippen LogP contribution in [0, 0.1) is 11.3 Å². The van der Waals surface area contributed by atoms with Gasteiger partial charge in [0.15, 0.2) is 0 Å². The zero-order valence-electron chi connectivity index (χ0n) is 15.5. The van der Waals surface area contributed by atoms with Gasteiger partial charge in [-0.25, -0.2) is 0 Å². The van der Waals surface area contributed by atoms with E-state index in [1.165, 1.54) is 6.42 Å². The van der Waals surface area contributed by atoms with Crippen molar-refractivity contribution >= 4 is 11.8 Å². The topological polar surface area (TPSA) is 52.7 Å². The van der Waals surface area contributed by atoms with Crippen LogP contribution in [0.1, 0.15) is 42.5 Å². The molecule has 3 heterocycles. The first kappa shape index (κ1) is 17.5. The Hall–Kier alpha value is -1.88. The van der Waals surface area contributed by atoms with Gasteiger partial charge in [-0.3, -0.25) is 9.59 Å². The number of piperidine rings is 2. The maximum atomic E-state index is 12.9. The second kappa shape index (κ2) is 7.39. The Morgan fingerprint density at radius 3 is 2.23 bits per heavy atom. The molecule has 0 bridgehead atoms. The zero-order valence-corrected chi connectivity index (χ0v) is 15.5. The molecular weight excluding hydrogens is 326 g/mol. The molecule has 0 atom stereocenters. The smallest absolute Gasteiger partial charge is 0.253 e. The fourth-order valence-electron chi connectivity index (χ4n) is 4.77. The van der Waals surface area contributed by atoms with Gasteiger partial charge < -0.3 is 15.1 Å². The van der Waals surface area contributed by atoms with Crippen LogP contribution in [0.5, 0.6) is 0 Å². The van der Waals surface area contributed by atoms with Crippen LogP contribution in [0.2, 0.25) is 0 Å². The van der Waals surface area contributed by atoms with E-state index in [1.807, 2.05) is 35.2 Å². The number of carbonyl (C=O) groups excluding carboxylic acids is 2. The highest BCUT2D eigenvalue weighted by atomic mass is 16.2. The van der Waals surface area contributed by atoms with Gasteiger partial charge in [-0.1, -0.05) is 18.2 Å². The Balaban J connectivity index is 1.28. The van der Waals surface area contributed by atoms with Crippen LogP contribution in [0.3, 0.4) is 0 Å². The Morgan fingerprint density at radius 1 is 0.923 bits per heavy atom. The molecule has 0 saturated carbocycles. The van der Waals surface area contributed by atoms with E-state index < -0.39 is 0 Å². The molecule has 0 unspecified atom stereocenters. The van der Waals surface area contributed by atoms with Gasteiger partial charge in [0.25, 0.3) is 5.91 Å². The number of likely N-dealkylation sites (tertiary alicyclic amines) is 2. The quantitative estimate of drug-likeness (QED) is 0.884. The lowest BCUT2D eigenvalue weighted by molar-refractivity contribution is -0.139. The maximum absolute atomic E-state index is 12.9. The van der Waals surface area contributed by atoms with Crippen LogP contribution in [0.15, 0.2) is 30.3 Å². The minimum absolute atomic E-state index is 0.0881. The van der Waals surface area contributed by atoms with E-state index in [1.54, 1.807) is 0 Å². The normalized spacial score (nSPS) is 23.4. The number of hydrogen-bond donors (Lipinski definition) is 1. The third kappa shape index (κ3) is 3.50. The van der Waals surface area contributed by atoms with Crippen LogP contribution >= 0.6 is 0 Å². The fourth-order valence-corrected chi connectivity index (χ4v) is 4.77. The number of rotatable bonds is 2. The molecule has 0 radical (unpaired) electrons. The van der Waals surface area contributed by atoms with Gasteiger partial charge >= 0.3 is 0 Å². The zero-order chi connectivity index (χ0) is 18.0. The summed E-state index contributed by atoms with van der Waals surface area (Å²) in [6, 6.07) is 9.44. The lowest BCUT2D eigenvalue weighted by Crippen LogP contribution is -2.48. The maximum Gasteiger partial charge on any atom is 0.253 e. The minimum atomic E-state index is 0.0881. The van der Waals surface area contributed by atoms with E-state index in [0.29, 0.717) is 24.4 Å². The van der Waals surface area contributed by atoms with Crippen LogP contribution in [0.4, 0.5) is 0 Å². The highest BCUT2D eigenvalue weighted by molar-refractivity contribution is 5.94. The van der Waals surface area contributed by atoms with Crippen molar-refractivity contribution in [3.05, 3.63) is 35.9 Å². The van der Waals surface area contributed by atoms with E-state index in [-0.39, 0.29) is 11.8 Å². The predicted octanol–water partition coefficient (Wildman–Crippen LogP) is 2.14. The molecule has 3 fully saturated rings. The number of hydrogen-bond acceptors (Lipinski definition) is 3. The highest BCUT2D eigenvalue weighted by Crippen LogP contribution is 2.37. The lowest BCUT2D eigenvalue weighted by Gasteiger charge is -2.41. The third-order valence-electron chi connectivity index (χ3n) is 6.62. The van der Waals surface area contributed by atoms with Crippen molar-refractivity contribution in [1.82, 2.24) is 15.1 Å². The van der Waals surface area contributed by atoms with Crippen molar-refractivity contribution in [1.29, 1.82) is 0 Å². The second-order valence-corrected chi connectivity index (χ2v) is 8.18. The summed E-state index contributed by atoms with van der Waals surface area (Å²) < 4.78 is 0. The van der Waals surface area contributed by atoms with Gasteiger partial charge in [0.2, 0.25) is 5.91 Å². The summed E-state index contributed by atoms with van der Waals surface area (Å²) in [5.74, 6) is 0.494. The van der Waals surface area contributed by atoms with E-state index in [2.05, 4.69) is 10.2 Å². The Kier molecular flexibility index (Phi) is 4.98. The van der Waals surface area contributed by atoms with Crippen LogP contribution < -0.4 is 5.32 Å². The van der Waals surface area contributed by atoms with Gasteiger partial charge in [0.1, 0.15) is 0 Å². The van der Waals surface area contributed by atoms with Gasteiger partial charge in [-0.05, 0) is 56.2 Å². The van der Waals surface area contributed by atoms with E-state index >= 15 is 0 Å². The van der Waals surface area contributed by atoms with E-state index in [9.17, 15) is 9.59 Å². The molecule has 5 heteroatoms. The second-order valence-electron chi connectivity index (χ2n) is 8.18. The van der Waals surface area contributed by atoms with Gasteiger partial charge in [-0.15, -0.1) is 0 Å². The molecule has 140 valence electrons. The SMILES string of the molecule is O=C(c1ccccc1)N1CCC(C(=O)N2CCC3(CCNC3)CC2)CC1. The number of benzene rings is 1. The molecule has 3 saturated heterocycles. The van der Waals surface area contributed by atoms with Gasteiger partial charge in [-0.2, -0.15) is 0 Å². The molecule has 1 aromatic carbocycles. The first-order chi connectivity index (χ1) is 12.7. The molecule has 3 aliphatic heterocycles. The standard InChI is InChI=1S/C21H29N3O2/c25-19(17-4-2-1-3-5-17)23-12-6-18(7-13-23)20(26)24-14-9-21(10-15-24)8-11-22-16-21/h1-5,18,22H,6-16H2. The van der Waals surface area contributed by atoms with Crippen LogP contribution in [-0.2, 0) is 4.79 Å². The van der Waals surface area contributed by atoms with Gasteiger partial charge in [0, 0.05) is 44.2 Å². The summed E-state index contributed by atoms with van der Waals surface area (Å²) in [5.41, 5.74) is 1.19. The monoisotopic (exact) mass is 355 g/mol.